The van der Waals surface area contributed by atoms with Gasteiger partial charge < -0.3 is 14.5 Å². The molecule has 6 heteroatoms. The zero-order valence-corrected chi connectivity index (χ0v) is 15.0. The van der Waals surface area contributed by atoms with E-state index in [0.717, 1.165) is 60.2 Å². The van der Waals surface area contributed by atoms with E-state index in [2.05, 4.69) is 29.2 Å². The van der Waals surface area contributed by atoms with Crippen molar-refractivity contribution < 1.29 is 9.64 Å². The number of likely N-dealkylation sites (N-methyl/N-ethyl adjacent to an activating group) is 1. The number of ether oxygens (including phenoxy) is 1. The van der Waals surface area contributed by atoms with Crippen molar-refractivity contribution in [3.8, 4) is 16.9 Å². The van der Waals surface area contributed by atoms with Crippen molar-refractivity contribution in [1.82, 2.24) is 14.6 Å². The number of para-hydroxylation sites is 1. The number of aryl methyl sites for hydroxylation is 1. The van der Waals surface area contributed by atoms with Gasteiger partial charge in [-0.3, -0.25) is 0 Å². The van der Waals surface area contributed by atoms with Gasteiger partial charge in [-0.1, -0.05) is 18.2 Å². The lowest BCUT2D eigenvalue weighted by Crippen LogP contribution is -3.12. The molecule has 4 rings (SSSR count). The summed E-state index contributed by atoms with van der Waals surface area (Å²) in [4.78, 5) is 8.76. The predicted molar refractivity (Wildman–Crippen MR) is 98.5 cm³/mol. The molecule has 0 amide bonds. The van der Waals surface area contributed by atoms with Gasteiger partial charge in [-0.2, -0.15) is 9.61 Å². The van der Waals surface area contributed by atoms with Crippen LogP contribution in [0.2, 0.25) is 0 Å². The molecule has 0 aliphatic carbocycles. The third-order valence-corrected chi connectivity index (χ3v) is 4.92. The highest BCUT2D eigenvalue weighted by atomic mass is 16.5. The van der Waals surface area contributed by atoms with E-state index in [1.54, 1.807) is 12.0 Å². The number of anilines is 1. The van der Waals surface area contributed by atoms with E-state index >= 15 is 0 Å². The number of nitrogens with one attached hydrogen (secondary N) is 1. The van der Waals surface area contributed by atoms with E-state index in [1.807, 2.05) is 35.8 Å². The monoisotopic (exact) mass is 338 g/mol. The van der Waals surface area contributed by atoms with E-state index < -0.39 is 0 Å². The maximum absolute atomic E-state index is 5.53. The van der Waals surface area contributed by atoms with Crippen LogP contribution in [0.25, 0.3) is 16.8 Å². The van der Waals surface area contributed by atoms with Crippen LogP contribution in [0.1, 0.15) is 5.69 Å². The molecule has 3 aromatic rings. The third-order valence-electron chi connectivity index (χ3n) is 4.92. The van der Waals surface area contributed by atoms with E-state index in [-0.39, 0.29) is 0 Å². The molecule has 0 radical (unpaired) electrons. The second kappa shape index (κ2) is 6.37. The molecule has 2 aromatic heterocycles. The molecule has 6 nitrogen and oxygen atoms in total. The van der Waals surface area contributed by atoms with Crippen LogP contribution < -0.4 is 14.5 Å². The lowest BCUT2D eigenvalue weighted by atomic mass is 10.1. The van der Waals surface area contributed by atoms with Crippen molar-refractivity contribution >= 4 is 11.5 Å². The van der Waals surface area contributed by atoms with E-state index in [9.17, 15) is 0 Å². The first-order valence-corrected chi connectivity index (χ1v) is 8.72. The van der Waals surface area contributed by atoms with Gasteiger partial charge in [0.2, 0.25) is 0 Å². The minimum atomic E-state index is 0.838. The molecule has 0 bridgehead atoms. The molecule has 1 aromatic carbocycles. The van der Waals surface area contributed by atoms with Crippen molar-refractivity contribution in [3.05, 3.63) is 42.2 Å². The topological polar surface area (TPSA) is 47.1 Å². The van der Waals surface area contributed by atoms with Crippen LogP contribution in [0.5, 0.6) is 5.75 Å². The number of fused-ring (bicyclic) bond motifs is 1. The summed E-state index contributed by atoms with van der Waals surface area (Å²) < 4.78 is 7.50. The number of hydrogen-bond acceptors (Lipinski definition) is 4. The van der Waals surface area contributed by atoms with Crippen LogP contribution in [0.4, 0.5) is 5.82 Å². The highest BCUT2D eigenvalue weighted by molar-refractivity contribution is 5.82. The highest BCUT2D eigenvalue weighted by Gasteiger charge is 2.22. The molecule has 25 heavy (non-hydrogen) atoms. The molecule has 0 unspecified atom stereocenters. The fraction of sp³-hybridized carbons (Fsp3) is 0.368. The van der Waals surface area contributed by atoms with Gasteiger partial charge >= 0.3 is 0 Å². The number of hydrogen-bond donors (Lipinski definition) is 1. The molecule has 0 spiro atoms. The summed E-state index contributed by atoms with van der Waals surface area (Å²) in [5, 5.41) is 4.66. The maximum atomic E-state index is 5.53. The van der Waals surface area contributed by atoms with Crippen LogP contribution >= 0.6 is 0 Å². The van der Waals surface area contributed by atoms with Crippen LogP contribution in [-0.4, -0.2) is 54.9 Å². The number of piperazine rings is 1. The Morgan fingerprint density at radius 3 is 2.64 bits per heavy atom. The normalized spacial score (nSPS) is 15.7. The van der Waals surface area contributed by atoms with Crippen LogP contribution in [0, 0.1) is 6.92 Å². The summed E-state index contributed by atoms with van der Waals surface area (Å²) in [6.45, 7) is 6.40. The molecule has 1 aliphatic heterocycles. The van der Waals surface area contributed by atoms with Gasteiger partial charge in [-0.15, -0.1) is 0 Å². The molecule has 1 fully saturated rings. The Bertz CT molecular complexity index is 896. The quantitative estimate of drug-likeness (QED) is 0.775. The standard InChI is InChI=1S/C19H23N5O/c1-14-12-18(23-10-8-22(2)9-11-23)24-19(21-14)16(13-20-24)15-6-4-5-7-17(15)25-3/h4-7,12-13H,8-11H2,1-3H3/p+1. The summed E-state index contributed by atoms with van der Waals surface area (Å²) in [5.41, 5.74) is 3.91. The van der Waals surface area contributed by atoms with Gasteiger partial charge in [0.25, 0.3) is 0 Å². The van der Waals surface area contributed by atoms with Gasteiger partial charge in [0, 0.05) is 17.3 Å². The highest BCUT2D eigenvalue weighted by Crippen LogP contribution is 2.33. The molecule has 1 N–H and O–H groups in total. The Morgan fingerprint density at radius 1 is 1.12 bits per heavy atom. The van der Waals surface area contributed by atoms with Crippen molar-refractivity contribution in [1.29, 1.82) is 0 Å². The fourth-order valence-corrected chi connectivity index (χ4v) is 3.46. The number of benzene rings is 1. The maximum Gasteiger partial charge on any atom is 0.165 e. The summed E-state index contributed by atoms with van der Waals surface area (Å²) in [6, 6.07) is 10.1. The first-order valence-electron chi connectivity index (χ1n) is 8.72. The zero-order valence-electron chi connectivity index (χ0n) is 15.0. The lowest BCUT2D eigenvalue weighted by Gasteiger charge is -2.31. The Kier molecular flexibility index (Phi) is 4.05. The molecule has 1 saturated heterocycles. The Labute approximate surface area is 147 Å². The molecule has 0 atom stereocenters. The number of methoxy groups -OCH3 is 1. The van der Waals surface area contributed by atoms with Gasteiger partial charge in [-0.05, 0) is 13.0 Å². The Morgan fingerprint density at radius 2 is 1.88 bits per heavy atom. The average Bonchev–Trinajstić information content (AvgIpc) is 3.05. The van der Waals surface area contributed by atoms with Crippen LogP contribution in [-0.2, 0) is 0 Å². The van der Waals surface area contributed by atoms with E-state index in [4.69, 9.17) is 9.72 Å². The number of aromatic nitrogens is 3. The molecular formula is C19H24N5O+. The third kappa shape index (κ3) is 2.82. The summed E-state index contributed by atoms with van der Waals surface area (Å²) in [6.07, 6.45) is 1.89. The smallest absolute Gasteiger partial charge is 0.165 e. The van der Waals surface area contributed by atoms with Gasteiger partial charge in [-0.25, -0.2) is 4.98 Å². The first-order chi connectivity index (χ1) is 12.2. The second-order valence-electron chi connectivity index (χ2n) is 6.69. The minimum absolute atomic E-state index is 0.838. The molecule has 0 saturated carbocycles. The van der Waals surface area contributed by atoms with Crippen LogP contribution in [0.15, 0.2) is 36.5 Å². The Hall–Kier alpha value is -2.60. The fourth-order valence-electron chi connectivity index (χ4n) is 3.46. The molecular weight excluding hydrogens is 314 g/mol. The first kappa shape index (κ1) is 15.9. The minimum Gasteiger partial charge on any atom is -0.496 e. The predicted octanol–water partition coefficient (Wildman–Crippen LogP) is 1.05. The number of nitrogens with zero attached hydrogens (tertiary/aromatic N) is 4. The van der Waals surface area contributed by atoms with Crippen molar-refractivity contribution in [2.24, 2.45) is 0 Å². The SMILES string of the molecule is COc1ccccc1-c1cnn2c(N3CC[NH+](C)CC3)cc(C)nc12. The van der Waals surface area contributed by atoms with Gasteiger partial charge in [0.1, 0.15) is 11.6 Å². The summed E-state index contributed by atoms with van der Waals surface area (Å²) >= 11 is 0. The van der Waals surface area contributed by atoms with E-state index in [0.29, 0.717) is 0 Å². The van der Waals surface area contributed by atoms with E-state index in [1.165, 1.54) is 0 Å². The van der Waals surface area contributed by atoms with Gasteiger partial charge in [0.05, 0.1) is 52.1 Å². The summed E-state index contributed by atoms with van der Waals surface area (Å²) in [5.74, 6) is 1.96. The zero-order chi connectivity index (χ0) is 17.4. The van der Waals surface area contributed by atoms with Crippen molar-refractivity contribution in [3.63, 3.8) is 0 Å². The largest absolute Gasteiger partial charge is 0.496 e. The van der Waals surface area contributed by atoms with Crippen molar-refractivity contribution in [2.75, 3.05) is 45.2 Å². The Balaban J connectivity index is 1.84. The average molecular weight is 338 g/mol. The molecule has 130 valence electrons. The molecule has 1 aliphatic rings. The lowest BCUT2D eigenvalue weighted by molar-refractivity contribution is -0.880. The number of rotatable bonds is 3. The molecule has 3 heterocycles. The summed E-state index contributed by atoms with van der Waals surface area (Å²) in [7, 11) is 3.94. The number of quaternary nitrogens is 1. The van der Waals surface area contributed by atoms with Crippen molar-refractivity contribution in [2.45, 2.75) is 6.92 Å². The second-order valence-corrected chi connectivity index (χ2v) is 6.69. The van der Waals surface area contributed by atoms with Crippen LogP contribution in [0.3, 0.4) is 0 Å². The van der Waals surface area contributed by atoms with Gasteiger partial charge in [0.15, 0.2) is 5.65 Å².